The van der Waals surface area contributed by atoms with Gasteiger partial charge in [-0.2, -0.15) is 0 Å². The zero-order chi connectivity index (χ0) is 19.1. The van der Waals surface area contributed by atoms with Crippen molar-refractivity contribution in [3.8, 4) is 5.75 Å². The van der Waals surface area contributed by atoms with E-state index in [-0.39, 0.29) is 5.91 Å². The molecule has 1 aromatic carbocycles. The molecule has 1 fully saturated rings. The lowest BCUT2D eigenvalue weighted by atomic mass is 10.1. The van der Waals surface area contributed by atoms with Gasteiger partial charge in [0.2, 0.25) is 5.91 Å². The van der Waals surface area contributed by atoms with Crippen molar-refractivity contribution >= 4 is 27.7 Å². The lowest BCUT2D eigenvalue weighted by Gasteiger charge is -2.29. The van der Waals surface area contributed by atoms with Gasteiger partial charge in [-0.25, -0.2) is 4.98 Å². The fourth-order valence-electron chi connectivity index (χ4n) is 3.36. The zero-order valence-corrected chi connectivity index (χ0v) is 17.3. The number of carbonyl (C=O) groups is 1. The largest absolute Gasteiger partial charge is 0.496 e. The number of anilines is 1. The molecule has 3 rings (SSSR count). The molecule has 0 unspecified atom stereocenters. The summed E-state index contributed by atoms with van der Waals surface area (Å²) >= 11 is 3.48. The van der Waals surface area contributed by atoms with Crippen molar-refractivity contribution in [1.29, 1.82) is 0 Å². The van der Waals surface area contributed by atoms with Gasteiger partial charge in [-0.3, -0.25) is 4.79 Å². The molecular weight excluding hydrogens is 406 g/mol. The second kappa shape index (κ2) is 9.74. The molecule has 1 aliphatic rings. The molecule has 2 heterocycles. The summed E-state index contributed by atoms with van der Waals surface area (Å²) in [5.74, 6) is 1.86. The van der Waals surface area contributed by atoms with Crippen molar-refractivity contribution in [3.63, 3.8) is 0 Å². The van der Waals surface area contributed by atoms with Gasteiger partial charge in [-0.1, -0.05) is 12.1 Å². The normalized spacial score (nSPS) is 14.1. The van der Waals surface area contributed by atoms with Crippen LogP contribution in [0.25, 0.3) is 0 Å². The van der Waals surface area contributed by atoms with E-state index in [1.165, 1.54) is 19.3 Å². The molecule has 0 spiro atoms. The van der Waals surface area contributed by atoms with E-state index in [1.807, 2.05) is 30.5 Å². The fourth-order valence-corrected chi connectivity index (χ4v) is 3.95. The smallest absolute Gasteiger partial charge is 0.220 e. The third-order valence-electron chi connectivity index (χ3n) is 4.86. The Morgan fingerprint density at radius 1 is 1.26 bits per heavy atom. The first-order valence-corrected chi connectivity index (χ1v) is 10.2. The number of pyridine rings is 1. The molecule has 0 aliphatic carbocycles. The van der Waals surface area contributed by atoms with E-state index in [9.17, 15) is 4.79 Å². The lowest BCUT2D eigenvalue weighted by molar-refractivity contribution is -0.121. The summed E-state index contributed by atoms with van der Waals surface area (Å²) in [7, 11) is 1.64. The van der Waals surface area contributed by atoms with Gasteiger partial charge in [-0.05, 0) is 65.4 Å². The molecule has 1 aliphatic heterocycles. The highest BCUT2D eigenvalue weighted by Gasteiger charge is 2.15. The number of hydrogen-bond donors (Lipinski definition) is 1. The number of benzene rings is 1. The number of ether oxygens (including phenoxy) is 1. The first kappa shape index (κ1) is 19.7. The number of piperidine rings is 1. The Hall–Kier alpha value is -2.08. The van der Waals surface area contributed by atoms with Crippen molar-refractivity contribution in [2.45, 2.75) is 38.6 Å². The van der Waals surface area contributed by atoms with Gasteiger partial charge >= 0.3 is 0 Å². The molecule has 1 amide bonds. The number of aryl methyl sites for hydroxylation is 1. The lowest BCUT2D eigenvalue weighted by Crippen LogP contribution is -2.32. The van der Waals surface area contributed by atoms with Crippen LogP contribution < -0.4 is 15.0 Å². The molecule has 0 bridgehead atoms. The summed E-state index contributed by atoms with van der Waals surface area (Å²) < 4.78 is 6.15. The third-order valence-corrected chi connectivity index (χ3v) is 5.48. The standard InChI is InChI=1S/C21H26BrN3O2/c1-27-19-9-7-16(14-18(19)22)8-10-20(26)24-15-17-6-5-11-23-21(17)25-12-3-2-4-13-25/h5-7,9,11,14H,2-4,8,10,12-13,15H2,1H3,(H,24,26). The van der Waals surface area contributed by atoms with Gasteiger partial charge < -0.3 is 15.0 Å². The first-order valence-electron chi connectivity index (χ1n) is 9.45. The monoisotopic (exact) mass is 431 g/mol. The number of methoxy groups -OCH3 is 1. The van der Waals surface area contributed by atoms with Gasteiger partial charge in [0, 0.05) is 37.8 Å². The summed E-state index contributed by atoms with van der Waals surface area (Å²) in [5.41, 5.74) is 2.19. The Kier molecular flexibility index (Phi) is 7.10. The van der Waals surface area contributed by atoms with Crippen LogP contribution in [0.4, 0.5) is 5.82 Å². The minimum absolute atomic E-state index is 0.0513. The van der Waals surface area contributed by atoms with Crippen molar-refractivity contribution in [1.82, 2.24) is 10.3 Å². The third kappa shape index (κ3) is 5.45. The Morgan fingerprint density at radius 3 is 2.81 bits per heavy atom. The fraction of sp³-hybridized carbons (Fsp3) is 0.429. The minimum Gasteiger partial charge on any atom is -0.496 e. The van der Waals surface area contributed by atoms with E-state index in [0.29, 0.717) is 19.4 Å². The Balaban J connectivity index is 1.53. The maximum Gasteiger partial charge on any atom is 0.220 e. The molecule has 6 heteroatoms. The summed E-state index contributed by atoms with van der Waals surface area (Å²) in [4.78, 5) is 19.2. The topological polar surface area (TPSA) is 54.5 Å². The van der Waals surface area contributed by atoms with Crippen molar-refractivity contribution in [3.05, 3.63) is 52.1 Å². The molecule has 0 radical (unpaired) electrons. The molecule has 1 saturated heterocycles. The van der Waals surface area contributed by atoms with E-state index < -0.39 is 0 Å². The van der Waals surface area contributed by atoms with Gasteiger partial charge in [0.15, 0.2) is 0 Å². The van der Waals surface area contributed by atoms with E-state index in [4.69, 9.17) is 4.74 Å². The number of nitrogens with one attached hydrogen (secondary N) is 1. The van der Waals surface area contributed by atoms with Crippen LogP contribution in [0.3, 0.4) is 0 Å². The zero-order valence-electron chi connectivity index (χ0n) is 15.7. The maximum atomic E-state index is 12.3. The van der Waals surface area contributed by atoms with Crippen molar-refractivity contribution < 1.29 is 9.53 Å². The number of nitrogens with zero attached hydrogens (tertiary/aromatic N) is 2. The van der Waals surface area contributed by atoms with Crippen LogP contribution in [0.15, 0.2) is 41.0 Å². The molecule has 1 N–H and O–H groups in total. The quantitative estimate of drug-likeness (QED) is 0.716. The Labute approximate surface area is 169 Å². The summed E-state index contributed by atoms with van der Waals surface area (Å²) in [6, 6.07) is 9.90. The number of halogens is 1. The van der Waals surface area contributed by atoms with Crippen LogP contribution in [0, 0.1) is 0 Å². The number of hydrogen-bond acceptors (Lipinski definition) is 4. The molecule has 0 saturated carbocycles. The molecule has 27 heavy (non-hydrogen) atoms. The summed E-state index contributed by atoms with van der Waals surface area (Å²) in [6.45, 7) is 2.61. The van der Waals surface area contributed by atoms with Gasteiger partial charge in [0.05, 0.1) is 11.6 Å². The SMILES string of the molecule is COc1ccc(CCC(=O)NCc2cccnc2N2CCCCC2)cc1Br. The highest BCUT2D eigenvalue weighted by atomic mass is 79.9. The first-order chi connectivity index (χ1) is 13.2. The molecule has 5 nitrogen and oxygen atoms in total. The van der Waals surface area contributed by atoms with E-state index in [0.717, 1.165) is 40.3 Å². The van der Waals surface area contributed by atoms with Crippen LogP contribution in [0.1, 0.15) is 36.8 Å². The Morgan fingerprint density at radius 2 is 2.07 bits per heavy atom. The summed E-state index contributed by atoms with van der Waals surface area (Å²) in [6.07, 6.45) is 6.69. The number of rotatable bonds is 7. The molecule has 2 aromatic rings. The molecule has 1 aromatic heterocycles. The number of aromatic nitrogens is 1. The highest BCUT2D eigenvalue weighted by molar-refractivity contribution is 9.10. The highest BCUT2D eigenvalue weighted by Crippen LogP contribution is 2.26. The van der Waals surface area contributed by atoms with E-state index >= 15 is 0 Å². The van der Waals surface area contributed by atoms with Gasteiger partial charge in [0.25, 0.3) is 0 Å². The molecular formula is C21H26BrN3O2. The van der Waals surface area contributed by atoms with Crippen LogP contribution in [-0.2, 0) is 17.8 Å². The van der Waals surface area contributed by atoms with E-state index in [2.05, 4.69) is 37.2 Å². The van der Waals surface area contributed by atoms with Crippen LogP contribution in [0.2, 0.25) is 0 Å². The minimum atomic E-state index is 0.0513. The van der Waals surface area contributed by atoms with Crippen LogP contribution in [0.5, 0.6) is 5.75 Å². The summed E-state index contributed by atoms with van der Waals surface area (Å²) in [5, 5.41) is 3.04. The van der Waals surface area contributed by atoms with Crippen molar-refractivity contribution in [2.24, 2.45) is 0 Å². The predicted octanol–water partition coefficient (Wildman–Crippen LogP) is 4.09. The average molecular weight is 432 g/mol. The van der Waals surface area contributed by atoms with Gasteiger partial charge in [0.1, 0.15) is 11.6 Å². The average Bonchev–Trinajstić information content (AvgIpc) is 2.71. The number of amides is 1. The van der Waals surface area contributed by atoms with Gasteiger partial charge in [-0.15, -0.1) is 0 Å². The predicted molar refractivity (Wildman–Crippen MR) is 111 cm³/mol. The maximum absolute atomic E-state index is 12.3. The van der Waals surface area contributed by atoms with Crippen molar-refractivity contribution in [2.75, 3.05) is 25.1 Å². The molecule has 144 valence electrons. The number of carbonyl (C=O) groups excluding carboxylic acids is 1. The molecule has 0 atom stereocenters. The van der Waals surface area contributed by atoms with Crippen LogP contribution in [-0.4, -0.2) is 31.1 Å². The van der Waals surface area contributed by atoms with Crippen LogP contribution >= 0.6 is 15.9 Å². The second-order valence-electron chi connectivity index (χ2n) is 6.78. The Bertz CT molecular complexity index is 776. The van der Waals surface area contributed by atoms with E-state index in [1.54, 1.807) is 7.11 Å². The second-order valence-corrected chi connectivity index (χ2v) is 7.63.